The fourth-order valence-electron chi connectivity index (χ4n) is 3.71. The van der Waals surface area contributed by atoms with E-state index in [9.17, 15) is 35.4 Å². The van der Waals surface area contributed by atoms with Gasteiger partial charge < -0.3 is 49.6 Å². The Morgan fingerprint density at radius 2 is 1.89 bits per heavy atom. The molecule has 0 saturated carbocycles. The molecule has 0 spiro atoms. The Labute approximate surface area is 160 Å². The third kappa shape index (κ3) is 3.44. The van der Waals surface area contributed by atoms with Crippen LogP contribution in [0.5, 0.6) is 0 Å². The summed E-state index contributed by atoms with van der Waals surface area (Å²) in [5.74, 6) is -2.40. The first-order valence-corrected chi connectivity index (χ1v) is 8.69. The van der Waals surface area contributed by atoms with Crippen molar-refractivity contribution in [1.29, 1.82) is 0 Å². The molecule has 3 rings (SSSR count). The van der Waals surface area contributed by atoms with Crippen molar-refractivity contribution in [2.45, 2.75) is 42.6 Å². The van der Waals surface area contributed by atoms with Crippen LogP contribution in [-0.4, -0.2) is 99.5 Å². The number of aliphatic hydroxyl groups excluding tert-OH is 5. The summed E-state index contributed by atoms with van der Waals surface area (Å²) in [7, 11) is 1.19. The molecule has 1 saturated heterocycles. The third-order valence-electron chi connectivity index (χ3n) is 5.33. The molecule has 0 aromatic carbocycles. The number of fused-ring (bicyclic) bond motifs is 1. The van der Waals surface area contributed by atoms with Gasteiger partial charge in [0.05, 0.1) is 38.1 Å². The van der Waals surface area contributed by atoms with E-state index in [-0.39, 0.29) is 5.57 Å². The van der Waals surface area contributed by atoms with Crippen LogP contribution < -0.4 is 0 Å². The zero-order valence-electron chi connectivity index (χ0n) is 15.0. The van der Waals surface area contributed by atoms with Crippen LogP contribution in [-0.2, 0) is 23.7 Å². The van der Waals surface area contributed by atoms with Gasteiger partial charge in [0, 0.05) is 5.92 Å². The largest absolute Gasteiger partial charge is 0.471 e. The Morgan fingerprint density at radius 1 is 1.18 bits per heavy atom. The van der Waals surface area contributed by atoms with Gasteiger partial charge in [-0.3, -0.25) is 0 Å². The van der Waals surface area contributed by atoms with Gasteiger partial charge in [0.15, 0.2) is 6.29 Å². The number of methoxy groups -OCH3 is 1. The quantitative estimate of drug-likeness (QED) is 0.200. The van der Waals surface area contributed by atoms with E-state index in [1.165, 1.54) is 19.3 Å². The Kier molecular flexibility index (Phi) is 6.08. The van der Waals surface area contributed by atoms with Gasteiger partial charge in [-0.1, -0.05) is 12.2 Å². The Bertz CT molecular complexity index is 647. The number of aliphatic hydroxyl groups is 6. The van der Waals surface area contributed by atoms with Gasteiger partial charge in [0.25, 0.3) is 0 Å². The highest BCUT2D eigenvalue weighted by Crippen LogP contribution is 2.45. The normalized spacial score (nSPS) is 45.2. The van der Waals surface area contributed by atoms with Gasteiger partial charge in [-0.2, -0.15) is 0 Å². The molecule has 9 atom stereocenters. The SMILES string of the molecule is COC(=O)C1=CO[C@@H](O[C@H]2O[C@@H](CO)[C@H](O)[C@@H](O)[C@@H]2O)[C@H]2[C@@H]1C=C[C@@]2(O)CO. The monoisotopic (exact) mass is 404 g/mol. The van der Waals surface area contributed by atoms with Crippen LogP contribution in [0.4, 0.5) is 0 Å². The predicted octanol–water partition coefficient (Wildman–Crippen LogP) is -3.26. The number of hydrogen-bond donors (Lipinski definition) is 6. The number of hydrogen-bond acceptors (Lipinski definition) is 11. The summed E-state index contributed by atoms with van der Waals surface area (Å²) in [6, 6.07) is 0. The lowest BCUT2D eigenvalue weighted by molar-refractivity contribution is -0.346. The summed E-state index contributed by atoms with van der Waals surface area (Å²) in [6.45, 7) is -1.34. The summed E-state index contributed by atoms with van der Waals surface area (Å²) >= 11 is 0. The Hall–Kier alpha value is -1.57. The minimum atomic E-state index is -1.79. The summed E-state index contributed by atoms with van der Waals surface area (Å²) < 4.78 is 21.0. The van der Waals surface area contributed by atoms with Crippen LogP contribution in [0.3, 0.4) is 0 Å². The maximum absolute atomic E-state index is 12.0. The first kappa shape index (κ1) is 21.1. The summed E-state index contributed by atoms with van der Waals surface area (Å²) in [5.41, 5.74) is -1.70. The van der Waals surface area contributed by atoms with Crippen LogP contribution in [0.2, 0.25) is 0 Å². The standard InChI is InChI=1S/C17H24O11/c1-25-14(23)8-5-26-15(10-7(8)2-3-17(10,24)6-19)28-16-13(22)12(21)11(20)9(4-18)27-16/h2-3,5,7,9-13,15-16,18-22,24H,4,6H2,1H3/t7-,9+,10-,11+,12-,13+,15+,16-,17-/m1/s1. The second-order valence-corrected chi connectivity index (χ2v) is 6.96. The zero-order chi connectivity index (χ0) is 20.6. The molecule has 0 radical (unpaired) electrons. The minimum Gasteiger partial charge on any atom is -0.471 e. The summed E-state index contributed by atoms with van der Waals surface area (Å²) in [6.07, 6.45) is -4.99. The van der Waals surface area contributed by atoms with Crippen LogP contribution in [0.15, 0.2) is 24.0 Å². The van der Waals surface area contributed by atoms with Crippen molar-refractivity contribution in [2.75, 3.05) is 20.3 Å². The van der Waals surface area contributed by atoms with Gasteiger partial charge in [0.2, 0.25) is 6.29 Å². The average Bonchev–Trinajstić information content (AvgIpc) is 3.06. The highest BCUT2D eigenvalue weighted by atomic mass is 16.8. The lowest BCUT2D eigenvalue weighted by Crippen LogP contribution is -2.61. The average molecular weight is 404 g/mol. The lowest BCUT2D eigenvalue weighted by atomic mass is 9.79. The van der Waals surface area contributed by atoms with E-state index in [1.807, 2.05) is 0 Å². The molecule has 28 heavy (non-hydrogen) atoms. The molecule has 0 aromatic rings. The van der Waals surface area contributed by atoms with Gasteiger partial charge in [-0.25, -0.2) is 4.79 Å². The van der Waals surface area contributed by atoms with E-state index >= 15 is 0 Å². The predicted molar refractivity (Wildman–Crippen MR) is 88.0 cm³/mol. The second-order valence-electron chi connectivity index (χ2n) is 6.96. The second kappa shape index (κ2) is 8.05. The van der Waals surface area contributed by atoms with E-state index in [1.54, 1.807) is 0 Å². The fraction of sp³-hybridized carbons (Fsp3) is 0.706. The number of allylic oxidation sites excluding steroid dienone is 1. The molecule has 0 unspecified atom stereocenters. The van der Waals surface area contributed by atoms with Crippen molar-refractivity contribution in [3.8, 4) is 0 Å². The Morgan fingerprint density at radius 3 is 2.50 bits per heavy atom. The van der Waals surface area contributed by atoms with Gasteiger partial charge in [0.1, 0.15) is 30.0 Å². The molecule has 0 amide bonds. The van der Waals surface area contributed by atoms with E-state index in [2.05, 4.69) is 0 Å². The molecule has 11 heteroatoms. The molecule has 6 N–H and O–H groups in total. The molecule has 1 fully saturated rings. The van der Waals surface area contributed by atoms with E-state index in [0.29, 0.717) is 0 Å². The molecule has 2 aliphatic heterocycles. The van der Waals surface area contributed by atoms with Crippen molar-refractivity contribution in [3.05, 3.63) is 24.0 Å². The van der Waals surface area contributed by atoms with Crippen molar-refractivity contribution in [3.63, 3.8) is 0 Å². The molecule has 3 aliphatic rings. The zero-order valence-corrected chi connectivity index (χ0v) is 15.0. The molecule has 11 nitrogen and oxygen atoms in total. The molecular weight excluding hydrogens is 380 g/mol. The third-order valence-corrected chi connectivity index (χ3v) is 5.33. The van der Waals surface area contributed by atoms with E-state index in [4.69, 9.17) is 18.9 Å². The van der Waals surface area contributed by atoms with Gasteiger partial charge in [-0.05, 0) is 0 Å². The van der Waals surface area contributed by atoms with Crippen molar-refractivity contribution in [1.82, 2.24) is 0 Å². The fourth-order valence-corrected chi connectivity index (χ4v) is 3.71. The minimum absolute atomic E-state index is 0.0989. The number of carbonyl (C=O) groups excluding carboxylic acids is 1. The number of carbonyl (C=O) groups is 1. The van der Waals surface area contributed by atoms with Crippen LogP contribution in [0.25, 0.3) is 0 Å². The topological polar surface area (TPSA) is 175 Å². The molecule has 0 bridgehead atoms. The highest BCUT2D eigenvalue weighted by Gasteiger charge is 2.55. The summed E-state index contributed by atoms with van der Waals surface area (Å²) in [4.78, 5) is 12.0. The van der Waals surface area contributed by atoms with Gasteiger partial charge in [-0.15, -0.1) is 0 Å². The van der Waals surface area contributed by atoms with E-state index in [0.717, 1.165) is 6.26 Å². The van der Waals surface area contributed by atoms with Crippen molar-refractivity contribution in [2.24, 2.45) is 11.8 Å². The number of esters is 1. The van der Waals surface area contributed by atoms with Crippen molar-refractivity contribution >= 4 is 5.97 Å². The van der Waals surface area contributed by atoms with E-state index < -0.39 is 73.6 Å². The highest BCUT2D eigenvalue weighted by molar-refractivity contribution is 5.89. The lowest BCUT2D eigenvalue weighted by Gasteiger charge is -2.44. The molecule has 2 heterocycles. The maximum Gasteiger partial charge on any atom is 0.337 e. The number of ether oxygens (including phenoxy) is 4. The molecular formula is C17H24O11. The van der Waals surface area contributed by atoms with Crippen LogP contribution in [0, 0.1) is 11.8 Å². The first-order valence-electron chi connectivity index (χ1n) is 8.69. The smallest absolute Gasteiger partial charge is 0.337 e. The van der Waals surface area contributed by atoms with Crippen LogP contribution in [0.1, 0.15) is 0 Å². The van der Waals surface area contributed by atoms with Crippen LogP contribution >= 0.6 is 0 Å². The van der Waals surface area contributed by atoms with Crippen molar-refractivity contribution < 1.29 is 54.4 Å². The molecule has 1 aliphatic carbocycles. The number of rotatable bonds is 5. The Balaban J connectivity index is 1.85. The van der Waals surface area contributed by atoms with Gasteiger partial charge >= 0.3 is 5.97 Å². The maximum atomic E-state index is 12.0. The first-order chi connectivity index (χ1) is 13.3. The summed E-state index contributed by atoms with van der Waals surface area (Å²) in [5, 5.41) is 59.5. The molecule has 158 valence electrons. The molecule has 0 aromatic heterocycles.